The summed E-state index contributed by atoms with van der Waals surface area (Å²) in [5, 5.41) is 10.0. The van der Waals surface area contributed by atoms with E-state index in [9.17, 15) is 5.11 Å². The van der Waals surface area contributed by atoms with Crippen LogP contribution in [0, 0.1) is 0 Å². The predicted octanol–water partition coefficient (Wildman–Crippen LogP) is 5.21. The molecule has 0 spiro atoms. The summed E-state index contributed by atoms with van der Waals surface area (Å²) in [5.74, 6) is 0.314. The summed E-state index contributed by atoms with van der Waals surface area (Å²) in [7, 11) is 0. The molecule has 3 aromatic carbocycles. The van der Waals surface area contributed by atoms with Crippen LogP contribution in [0.4, 0.5) is 0 Å². The number of hydrogen-bond acceptors (Lipinski definition) is 2. The van der Waals surface area contributed by atoms with E-state index in [1.165, 1.54) is 4.90 Å². The van der Waals surface area contributed by atoms with Crippen LogP contribution in [0.5, 0.6) is 5.75 Å². The highest BCUT2D eigenvalue weighted by molar-refractivity contribution is 7.99. The maximum atomic E-state index is 10.0. The Kier molecular flexibility index (Phi) is 3.75. The van der Waals surface area contributed by atoms with Crippen LogP contribution in [0.25, 0.3) is 11.1 Å². The highest BCUT2D eigenvalue weighted by Crippen LogP contribution is 2.35. The van der Waals surface area contributed by atoms with Gasteiger partial charge in [0.25, 0.3) is 0 Å². The van der Waals surface area contributed by atoms with E-state index in [0.717, 1.165) is 16.0 Å². The van der Waals surface area contributed by atoms with Gasteiger partial charge in [0, 0.05) is 15.4 Å². The van der Waals surface area contributed by atoms with Gasteiger partial charge in [-0.2, -0.15) is 0 Å². The third-order valence-electron chi connectivity index (χ3n) is 3.03. The molecule has 98 valence electrons. The van der Waals surface area contributed by atoms with Crippen molar-refractivity contribution in [1.29, 1.82) is 0 Å². The molecular formula is C18H14OS. The minimum atomic E-state index is 0.314. The molecule has 0 saturated carbocycles. The quantitative estimate of drug-likeness (QED) is 0.709. The average Bonchev–Trinajstić information content (AvgIpc) is 2.51. The summed E-state index contributed by atoms with van der Waals surface area (Å²) in [4.78, 5) is 2.31. The molecule has 0 aliphatic heterocycles. The van der Waals surface area contributed by atoms with Gasteiger partial charge in [0.2, 0.25) is 0 Å². The molecule has 1 N–H and O–H groups in total. The summed E-state index contributed by atoms with van der Waals surface area (Å²) >= 11 is 1.69. The van der Waals surface area contributed by atoms with Gasteiger partial charge in [-0.1, -0.05) is 60.3 Å². The molecule has 1 nitrogen and oxygen atoms in total. The van der Waals surface area contributed by atoms with Gasteiger partial charge < -0.3 is 5.11 Å². The zero-order valence-corrected chi connectivity index (χ0v) is 11.7. The molecule has 0 aliphatic rings. The summed E-state index contributed by atoms with van der Waals surface area (Å²) < 4.78 is 0. The first-order valence-electron chi connectivity index (χ1n) is 6.44. The van der Waals surface area contributed by atoms with Crippen molar-refractivity contribution in [1.82, 2.24) is 0 Å². The molecule has 3 aromatic rings. The molecule has 0 aromatic heterocycles. The van der Waals surface area contributed by atoms with Crippen molar-refractivity contribution in [3.8, 4) is 16.9 Å². The molecule has 0 bridgehead atoms. The maximum Gasteiger partial charge on any atom is 0.123 e. The highest BCUT2D eigenvalue weighted by atomic mass is 32.2. The lowest BCUT2D eigenvalue weighted by Gasteiger charge is -2.08. The van der Waals surface area contributed by atoms with Gasteiger partial charge in [0.05, 0.1) is 0 Å². The van der Waals surface area contributed by atoms with Crippen molar-refractivity contribution >= 4 is 11.8 Å². The lowest BCUT2D eigenvalue weighted by atomic mass is 10.1. The van der Waals surface area contributed by atoms with Crippen molar-refractivity contribution in [2.45, 2.75) is 9.79 Å². The summed E-state index contributed by atoms with van der Waals surface area (Å²) in [6.45, 7) is 0. The summed E-state index contributed by atoms with van der Waals surface area (Å²) in [6, 6.07) is 25.9. The number of aromatic hydroxyl groups is 1. The van der Waals surface area contributed by atoms with Crippen LogP contribution in [0.1, 0.15) is 0 Å². The van der Waals surface area contributed by atoms with E-state index < -0.39 is 0 Å². The van der Waals surface area contributed by atoms with Crippen LogP contribution in [0.15, 0.2) is 88.7 Å². The van der Waals surface area contributed by atoms with Gasteiger partial charge >= 0.3 is 0 Å². The van der Waals surface area contributed by atoms with E-state index in [2.05, 4.69) is 12.1 Å². The Morgan fingerprint density at radius 3 is 2.00 bits per heavy atom. The van der Waals surface area contributed by atoms with Crippen molar-refractivity contribution in [3.05, 3.63) is 78.9 Å². The molecule has 0 aliphatic carbocycles. The Morgan fingerprint density at radius 2 is 1.30 bits per heavy atom. The molecule has 3 rings (SSSR count). The SMILES string of the molecule is Oc1ccc(Sc2ccccc2)cc1-c1ccccc1. The maximum absolute atomic E-state index is 10.0. The molecule has 20 heavy (non-hydrogen) atoms. The minimum absolute atomic E-state index is 0.314. The Labute approximate surface area is 122 Å². The Hall–Kier alpha value is -2.19. The van der Waals surface area contributed by atoms with E-state index in [-0.39, 0.29) is 0 Å². The molecule has 2 heteroatoms. The molecule has 0 saturated heterocycles. The Balaban J connectivity index is 1.95. The fourth-order valence-corrected chi connectivity index (χ4v) is 2.93. The van der Waals surface area contributed by atoms with Crippen LogP contribution in [-0.2, 0) is 0 Å². The van der Waals surface area contributed by atoms with Crippen molar-refractivity contribution in [2.75, 3.05) is 0 Å². The molecule has 0 radical (unpaired) electrons. The first-order valence-corrected chi connectivity index (χ1v) is 7.26. The van der Waals surface area contributed by atoms with E-state index in [1.54, 1.807) is 17.8 Å². The van der Waals surface area contributed by atoms with Gasteiger partial charge in [0.1, 0.15) is 5.75 Å². The lowest BCUT2D eigenvalue weighted by Crippen LogP contribution is -1.81. The third kappa shape index (κ3) is 2.86. The third-order valence-corrected chi connectivity index (χ3v) is 4.03. The smallest absolute Gasteiger partial charge is 0.123 e. The van der Waals surface area contributed by atoms with E-state index in [0.29, 0.717) is 5.75 Å². The molecule has 0 unspecified atom stereocenters. The molecule has 0 atom stereocenters. The second-order valence-corrected chi connectivity index (χ2v) is 5.61. The summed E-state index contributed by atoms with van der Waals surface area (Å²) in [5.41, 5.74) is 1.90. The first-order chi connectivity index (χ1) is 9.83. The number of benzene rings is 3. The van der Waals surface area contributed by atoms with Gasteiger partial charge in [-0.15, -0.1) is 0 Å². The van der Waals surface area contributed by atoms with Crippen LogP contribution in [0.3, 0.4) is 0 Å². The van der Waals surface area contributed by atoms with Crippen molar-refractivity contribution in [3.63, 3.8) is 0 Å². The van der Waals surface area contributed by atoms with Crippen LogP contribution >= 0.6 is 11.8 Å². The number of hydrogen-bond donors (Lipinski definition) is 1. The number of rotatable bonds is 3. The van der Waals surface area contributed by atoms with Crippen molar-refractivity contribution < 1.29 is 5.11 Å². The van der Waals surface area contributed by atoms with E-state index in [1.807, 2.05) is 60.7 Å². The first kappa shape index (κ1) is 12.8. The lowest BCUT2D eigenvalue weighted by molar-refractivity contribution is 0.477. The minimum Gasteiger partial charge on any atom is -0.507 e. The normalized spacial score (nSPS) is 10.4. The zero-order valence-electron chi connectivity index (χ0n) is 10.9. The molecule has 0 fully saturated rings. The highest BCUT2D eigenvalue weighted by Gasteiger charge is 2.06. The Bertz CT molecular complexity index is 693. The predicted molar refractivity (Wildman–Crippen MR) is 84.1 cm³/mol. The van der Waals surface area contributed by atoms with Crippen LogP contribution in [-0.4, -0.2) is 5.11 Å². The standard InChI is InChI=1S/C18H14OS/c19-18-12-11-16(20-15-9-5-2-6-10-15)13-17(18)14-7-3-1-4-8-14/h1-13,19H. The molecular weight excluding hydrogens is 264 g/mol. The number of phenols is 1. The fourth-order valence-electron chi connectivity index (χ4n) is 2.05. The topological polar surface area (TPSA) is 20.2 Å². The number of phenolic OH excluding ortho intramolecular Hbond substituents is 1. The average molecular weight is 278 g/mol. The fraction of sp³-hybridized carbons (Fsp3) is 0. The van der Waals surface area contributed by atoms with Crippen LogP contribution in [0.2, 0.25) is 0 Å². The Morgan fingerprint density at radius 1 is 0.650 bits per heavy atom. The largest absolute Gasteiger partial charge is 0.507 e. The van der Waals surface area contributed by atoms with Crippen LogP contribution < -0.4 is 0 Å². The molecule has 0 heterocycles. The van der Waals surface area contributed by atoms with E-state index in [4.69, 9.17) is 0 Å². The molecule has 0 amide bonds. The van der Waals surface area contributed by atoms with Gasteiger partial charge in [-0.3, -0.25) is 0 Å². The second kappa shape index (κ2) is 5.85. The zero-order chi connectivity index (χ0) is 13.8. The van der Waals surface area contributed by atoms with Crippen molar-refractivity contribution in [2.24, 2.45) is 0 Å². The van der Waals surface area contributed by atoms with Gasteiger partial charge in [0.15, 0.2) is 0 Å². The van der Waals surface area contributed by atoms with E-state index >= 15 is 0 Å². The van der Waals surface area contributed by atoms with Gasteiger partial charge in [-0.05, 0) is 35.9 Å². The monoisotopic (exact) mass is 278 g/mol. The van der Waals surface area contributed by atoms with Gasteiger partial charge in [-0.25, -0.2) is 0 Å². The second-order valence-electron chi connectivity index (χ2n) is 4.46. The summed E-state index contributed by atoms with van der Waals surface area (Å²) in [6.07, 6.45) is 0.